The summed E-state index contributed by atoms with van der Waals surface area (Å²) in [4.78, 5) is 174. The summed E-state index contributed by atoms with van der Waals surface area (Å²) in [5.74, 6) is -21.4. The number of nitrogens with one attached hydrogen (secondary N) is 7. The van der Waals surface area contributed by atoms with E-state index < -0.39 is 174 Å². The van der Waals surface area contributed by atoms with Crippen LogP contribution in [0, 0.1) is 29.1 Å². The van der Waals surface area contributed by atoms with Gasteiger partial charge in [0.05, 0.1) is 39.6 Å². The second kappa shape index (κ2) is 56.4. The zero-order valence-corrected chi connectivity index (χ0v) is 66.3. The van der Waals surface area contributed by atoms with Crippen LogP contribution < -0.4 is 47.7 Å². The Morgan fingerprint density at radius 1 is 0.409 bits per heavy atom. The van der Waals surface area contributed by atoms with Crippen molar-refractivity contribution in [2.24, 2.45) is 5.73 Å². The fraction of sp³-hybridized carbons (Fsp3) is 0.730. The maximum atomic E-state index is 14.1. The van der Waals surface area contributed by atoms with E-state index in [4.69, 9.17) is 67.3 Å². The Morgan fingerprint density at radius 2 is 0.800 bits per heavy atom. The number of benzene rings is 1. The van der Waals surface area contributed by atoms with Crippen LogP contribution in [0.1, 0.15) is 183 Å². The van der Waals surface area contributed by atoms with Gasteiger partial charge in [-0.05, 0) is 64.3 Å². The van der Waals surface area contributed by atoms with E-state index in [1.54, 1.807) is 0 Å². The highest BCUT2D eigenvalue weighted by atomic mass is 19.2. The highest BCUT2D eigenvalue weighted by molar-refractivity contribution is 5.79. The molecular formula is C74H113F5N8O28. The van der Waals surface area contributed by atoms with Gasteiger partial charge in [0.15, 0.2) is 30.9 Å². The van der Waals surface area contributed by atoms with Crippen molar-refractivity contribution in [1.29, 1.82) is 0 Å². The number of hydrogen-bond donors (Lipinski definition) is 8. The van der Waals surface area contributed by atoms with E-state index >= 15 is 0 Å². The van der Waals surface area contributed by atoms with Crippen molar-refractivity contribution in [3.63, 3.8) is 0 Å². The van der Waals surface area contributed by atoms with Crippen molar-refractivity contribution in [2.45, 2.75) is 244 Å². The quantitative estimate of drug-likeness (QED) is 0.00884. The molecule has 115 heavy (non-hydrogen) atoms. The molecule has 41 heteroatoms. The maximum Gasteiger partial charge on any atom is 0.311 e. The molecule has 10 atom stereocenters. The van der Waals surface area contributed by atoms with Crippen LogP contribution in [0.2, 0.25) is 0 Å². The van der Waals surface area contributed by atoms with Gasteiger partial charge in [0.1, 0.15) is 43.1 Å². The Balaban J connectivity index is 1.57. The number of esters is 7. The van der Waals surface area contributed by atoms with E-state index in [0.29, 0.717) is 90.1 Å². The number of hydrogen-bond acceptors (Lipinski definition) is 29. The molecule has 0 saturated carbocycles. The highest BCUT2D eigenvalue weighted by Crippen LogP contribution is 2.32. The Bertz CT molecular complexity index is 3270. The van der Waals surface area contributed by atoms with Crippen LogP contribution in [0.15, 0.2) is 0 Å². The molecule has 652 valence electrons. The van der Waals surface area contributed by atoms with E-state index in [2.05, 4.69) is 42.0 Å². The third-order valence-electron chi connectivity index (χ3n) is 16.9. The van der Waals surface area contributed by atoms with Crippen molar-refractivity contribution in [3.05, 3.63) is 29.1 Å². The first-order valence-electron chi connectivity index (χ1n) is 38.3. The number of rotatable bonds is 58. The summed E-state index contributed by atoms with van der Waals surface area (Å²) in [5.41, 5.74) is 4.08. The van der Waals surface area contributed by atoms with Gasteiger partial charge in [-0.3, -0.25) is 67.1 Å². The summed E-state index contributed by atoms with van der Waals surface area (Å²) in [7, 11) is 0. The van der Waals surface area contributed by atoms with E-state index in [0.717, 1.165) is 20.8 Å². The summed E-state index contributed by atoms with van der Waals surface area (Å²) in [6, 6.07) is -1.17. The number of unbranched alkanes of at least 4 members (excludes halogenated alkanes) is 7. The summed E-state index contributed by atoms with van der Waals surface area (Å²) in [5, 5.41) is 19.3. The second-order valence-corrected chi connectivity index (χ2v) is 27.1. The summed E-state index contributed by atoms with van der Waals surface area (Å²) in [6.45, 7) is 7.57. The molecular weight excluding hydrogens is 1540 g/mol. The first-order chi connectivity index (χ1) is 54.7. The molecule has 2 unspecified atom stereocenters. The number of nitrogens with two attached hydrogens (primary N) is 1. The normalized spacial score (nSPS) is 18.9. The topological polar surface area (TPSA) is 478 Å². The zero-order valence-electron chi connectivity index (χ0n) is 66.3. The molecule has 0 radical (unpaired) electrons. The smallest absolute Gasteiger partial charge is 0.311 e. The lowest BCUT2D eigenvalue weighted by Gasteiger charge is -2.44. The van der Waals surface area contributed by atoms with Gasteiger partial charge in [-0.2, -0.15) is 8.78 Å². The minimum absolute atomic E-state index is 0.0118. The third kappa shape index (κ3) is 42.5. The first-order valence-corrected chi connectivity index (χ1v) is 38.3. The SMILES string of the molecule is CC(=O)NC1[C@H](OCCCCC(=O)NCCCNC(=O)CCOCC(COCCC(=O)NCCCN)(COCCC(=O)NCCCNC(=O)CCCCO[C@H]2C[C@@H](OC(C)=O)[C@@H](OC(C)=O)[C@@H](COC(C)=O)O2)NC(=O)CCCCCCCCC(=O)Oc2c(F)c(F)c(F)c(F)c2F)O[C@H](COC(C)=O)[C@H](OC(C)=O)[C@@H]1OC(C)=O. The van der Waals surface area contributed by atoms with Gasteiger partial charge in [0, 0.05) is 146 Å². The second-order valence-electron chi connectivity index (χ2n) is 27.1. The maximum absolute atomic E-state index is 14.1. The lowest BCUT2D eigenvalue weighted by atomic mass is 9.96. The van der Waals surface area contributed by atoms with Gasteiger partial charge in [0.2, 0.25) is 76.2 Å². The van der Waals surface area contributed by atoms with Gasteiger partial charge in [-0.1, -0.05) is 25.7 Å². The minimum Gasteiger partial charge on any atom is -0.463 e. The van der Waals surface area contributed by atoms with E-state index in [9.17, 15) is 89.1 Å². The molecule has 0 aromatic heterocycles. The van der Waals surface area contributed by atoms with Gasteiger partial charge in [-0.15, -0.1) is 0 Å². The third-order valence-corrected chi connectivity index (χ3v) is 16.9. The Kier molecular flexibility index (Phi) is 49.2. The molecule has 2 saturated heterocycles. The van der Waals surface area contributed by atoms with Crippen LogP contribution >= 0.6 is 0 Å². The highest BCUT2D eigenvalue weighted by Gasteiger charge is 2.52. The van der Waals surface area contributed by atoms with Crippen LogP contribution in [0.3, 0.4) is 0 Å². The minimum atomic E-state index is -2.40. The van der Waals surface area contributed by atoms with Crippen molar-refractivity contribution in [3.8, 4) is 5.75 Å². The van der Waals surface area contributed by atoms with Crippen LogP contribution in [0.25, 0.3) is 0 Å². The van der Waals surface area contributed by atoms with Crippen LogP contribution in [0.5, 0.6) is 5.75 Å². The fourth-order valence-electron chi connectivity index (χ4n) is 11.5. The molecule has 9 N–H and O–H groups in total. The molecule has 3 rings (SSSR count). The average Bonchev–Trinajstić information content (AvgIpc) is 0.798. The Hall–Kier alpha value is -8.87. The molecule has 0 bridgehead atoms. The Labute approximate surface area is 663 Å². The molecule has 1 aromatic carbocycles. The van der Waals surface area contributed by atoms with E-state index in [1.807, 2.05) is 0 Å². The van der Waals surface area contributed by atoms with Gasteiger partial charge in [-0.25, -0.2) is 13.2 Å². The molecule has 2 heterocycles. The summed E-state index contributed by atoms with van der Waals surface area (Å²) in [6.07, 6.45) is -4.49. The molecule has 7 amide bonds. The number of halogens is 5. The van der Waals surface area contributed by atoms with Crippen molar-refractivity contribution >= 4 is 83.1 Å². The van der Waals surface area contributed by atoms with Crippen LogP contribution in [0.4, 0.5) is 22.0 Å². The molecule has 2 fully saturated rings. The van der Waals surface area contributed by atoms with Gasteiger partial charge < -0.3 is 109 Å². The van der Waals surface area contributed by atoms with Crippen molar-refractivity contribution in [2.75, 3.05) is 105 Å². The van der Waals surface area contributed by atoms with Crippen LogP contribution in [-0.2, 0) is 129 Å². The molecule has 36 nitrogen and oxygen atoms in total. The van der Waals surface area contributed by atoms with E-state index in [-0.39, 0.29) is 155 Å². The lowest BCUT2D eigenvalue weighted by Crippen LogP contribution is -2.66. The molecule has 1 aromatic rings. The fourth-order valence-corrected chi connectivity index (χ4v) is 11.5. The monoisotopic (exact) mass is 1660 g/mol. The predicted molar refractivity (Wildman–Crippen MR) is 389 cm³/mol. The van der Waals surface area contributed by atoms with Crippen molar-refractivity contribution < 1.29 is 155 Å². The standard InChI is InChI=1S/C74H113F5N8O28/c1-45(88)86-68-72(112-51(7)94)70(111-50(6)93)54(41-108-47(3)90)114-73(68)106-35-17-15-22-56(96)83-31-20-33-85-59(99)27-38-104-44-74(42-102-36-25-57(97)81-29-18-28-80,87-60(100)23-12-10-8-9-11-13-24-61(101)115-71-66(78)64(76)63(75)65(77)67(71)79)43-103-37-26-58(98)84-32-19-30-82-55(95)21-14-16-34-105-62-39-52(109-48(4)91)69(110-49(5)92)53(113-62)40-107-46(2)89/h52-54,62,68-70,72-73H,8-44,80H2,1-7H3,(H,81,97)(H,82,95)(H,83,96)(H,84,98)(H,85,99)(H,86,88)(H,87,100)/t52-,53-,54-,62-,68?,69-,70+,72-,73-,74?/m1/s1. The first kappa shape index (κ1) is 100. The zero-order chi connectivity index (χ0) is 85.3. The summed E-state index contributed by atoms with van der Waals surface area (Å²) < 4.78 is 147. The molecule has 2 aliphatic rings. The van der Waals surface area contributed by atoms with Crippen LogP contribution in [-0.4, -0.2) is 249 Å². The Morgan fingerprint density at radius 3 is 1.25 bits per heavy atom. The number of carbonyl (C=O) groups excluding carboxylic acids is 14. The largest absolute Gasteiger partial charge is 0.463 e. The van der Waals surface area contributed by atoms with E-state index in [1.165, 1.54) is 27.7 Å². The van der Waals surface area contributed by atoms with Gasteiger partial charge in [0.25, 0.3) is 0 Å². The number of ether oxygens (including phenoxy) is 14. The predicted octanol–water partition coefficient (Wildman–Crippen LogP) is 2.76. The molecule has 0 aliphatic carbocycles. The molecule has 0 spiro atoms. The number of amides is 7. The lowest BCUT2D eigenvalue weighted by molar-refractivity contribution is -0.277. The summed E-state index contributed by atoms with van der Waals surface area (Å²) >= 11 is 0. The van der Waals surface area contributed by atoms with Gasteiger partial charge >= 0.3 is 41.8 Å². The average molecular weight is 1660 g/mol. The number of carbonyl (C=O) groups is 14. The molecule has 2 aliphatic heterocycles. The van der Waals surface area contributed by atoms with Crippen molar-refractivity contribution in [1.82, 2.24) is 37.2 Å².